The molecule has 3 N–H and O–H groups in total. The number of rotatable bonds is 5. The Labute approximate surface area is 123 Å². The summed E-state index contributed by atoms with van der Waals surface area (Å²) in [5, 5.41) is 3.23. The van der Waals surface area contributed by atoms with Gasteiger partial charge in [-0.05, 0) is 19.8 Å². The highest BCUT2D eigenvalue weighted by Gasteiger charge is 2.32. The average molecular weight is 291 g/mol. The summed E-state index contributed by atoms with van der Waals surface area (Å²) in [6.07, 6.45) is 2.27. The van der Waals surface area contributed by atoms with Gasteiger partial charge in [-0.25, -0.2) is 9.97 Å². The number of nitrogens with two attached hydrogens (primary N) is 1. The summed E-state index contributed by atoms with van der Waals surface area (Å²) in [6.45, 7) is 4.32. The fraction of sp³-hybridized carbons (Fsp3) is 0.643. The number of ether oxygens (including phenoxy) is 1. The van der Waals surface area contributed by atoms with Crippen LogP contribution in [0, 0.1) is 0 Å². The molecule has 0 radical (unpaired) electrons. The molecule has 2 fully saturated rings. The Hall–Kier alpha value is -1.89. The second-order valence-corrected chi connectivity index (χ2v) is 5.46. The smallest absolute Gasteiger partial charge is 0.242 e. The van der Waals surface area contributed by atoms with Crippen LogP contribution in [0.4, 0.5) is 11.6 Å². The molecule has 114 valence electrons. The molecule has 1 saturated carbocycles. The Morgan fingerprint density at radius 3 is 3.00 bits per heavy atom. The SMILES string of the molecule is CCNc1cc(N2CCOCC2C(N)=O)nc(C2CC2)n1. The molecular formula is C14H21N5O2. The van der Waals surface area contributed by atoms with E-state index in [1.54, 1.807) is 0 Å². The van der Waals surface area contributed by atoms with Crippen molar-refractivity contribution in [2.45, 2.75) is 31.7 Å². The number of aromatic nitrogens is 2. The molecule has 1 amide bonds. The van der Waals surface area contributed by atoms with Crippen molar-refractivity contribution in [3.63, 3.8) is 0 Å². The third-order valence-electron chi connectivity index (χ3n) is 3.78. The lowest BCUT2D eigenvalue weighted by Gasteiger charge is -2.34. The largest absolute Gasteiger partial charge is 0.377 e. The summed E-state index contributed by atoms with van der Waals surface area (Å²) >= 11 is 0. The van der Waals surface area contributed by atoms with E-state index < -0.39 is 6.04 Å². The molecule has 21 heavy (non-hydrogen) atoms. The van der Waals surface area contributed by atoms with Crippen molar-refractivity contribution in [3.8, 4) is 0 Å². The second-order valence-electron chi connectivity index (χ2n) is 5.46. The fourth-order valence-electron chi connectivity index (χ4n) is 2.51. The van der Waals surface area contributed by atoms with E-state index in [2.05, 4.69) is 15.3 Å². The first-order chi connectivity index (χ1) is 10.2. The number of morpholine rings is 1. The van der Waals surface area contributed by atoms with Gasteiger partial charge in [0, 0.05) is 25.1 Å². The van der Waals surface area contributed by atoms with Gasteiger partial charge in [-0.2, -0.15) is 0 Å². The molecule has 1 aromatic rings. The van der Waals surface area contributed by atoms with E-state index in [-0.39, 0.29) is 5.91 Å². The molecule has 2 aliphatic rings. The molecule has 1 saturated heterocycles. The highest BCUT2D eigenvalue weighted by Crippen LogP contribution is 2.39. The van der Waals surface area contributed by atoms with Gasteiger partial charge in [0.15, 0.2) is 0 Å². The lowest BCUT2D eigenvalue weighted by atomic mass is 10.2. The maximum absolute atomic E-state index is 11.6. The quantitative estimate of drug-likeness (QED) is 0.819. The highest BCUT2D eigenvalue weighted by atomic mass is 16.5. The third kappa shape index (κ3) is 3.07. The van der Waals surface area contributed by atoms with Crippen molar-refractivity contribution < 1.29 is 9.53 Å². The van der Waals surface area contributed by atoms with E-state index in [1.807, 2.05) is 17.9 Å². The normalized spacial score (nSPS) is 22.1. The van der Waals surface area contributed by atoms with Gasteiger partial charge in [-0.3, -0.25) is 4.79 Å². The summed E-state index contributed by atoms with van der Waals surface area (Å²) in [4.78, 5) is 22.8. The number of nitrogens with one attached hydrogen (secondary N) is 1. The van der Waals surface area contributed by atoms with Crippen LogP contribution in [0.25, 0.3) is 0 Å². The van der Waals surface area contributed by atoms with E-state index in [1.165, 1.54) is 0 Å². The molecule has 1 unspecified atom stereocenters. The third-order valence-corrected chi connectivity index (χ3v) is 3.78. The van der Waals surface area contributed by atoms with Crippen molar-refractivity contribution >= 4 is 17.5 Å². The number of hydrogen-bond donors (Lipinski definition) is 2. The summed E-state index contributed by atoms with van der Waals surface area (Å²) in [5.74, 6) is 2.49. The zero-order valence-electron chi connectivity index (χ0n) is 12.2. The number of carbonyl (C=O) groups excluding carboxylic acids is 1. The lowest BCUT2D eigenvalue weighted by Crippen LogP contribution is -2.53. The summed E-state index contributed by atoms with van der Waals surface area (Å²) in [6, 6.07) is 1.42. The van der Waals surface area contributed by atoms with Gasteiger partial charge in [-0.1, -0.05) is 0 Å². The van der Waals surface area contributed by atoms with Gasteiger partial charge < -0.3 is 20.7 Å². The molecule has 1 aromatic heterocycles. The summed E-state index contributed by atoms with van der Waals surface area (Å²) in [5.41, 5.74) is 5.48. The van der Waals surface area contributed by atoms with Crippen molar-refractivity contribution in [1.82, 2.24) is 9.97 Å². The maximum atomic E-state index is 11.6. The minimum atomic E-state index is -0.463. The Morgan fingerprint density at radius 2 is 2.33 bits per heavy atom. The van der Waals surface area contributed by atoms with E-state index in [0.717, 1.165) is 36.8 Å². The molecule has 1 aliphatic heterocycles. The zero-order valence-corrected chi connectivity index (χ0v) is 12.2. The first-order valence-electron chi connectivity index (χ1n) is 7.45. The van der Waals surface area contributed by atoms with Gasteiger partial charge in [0.2, 0.25) is 5.91 Å². The van der Waals surface area contributed by atoms with Crippen LogP contribution in [0.3, 0.4) is 0 Å². The zero-order chi connectivity index (χ0) is 14.8. The van der Waals surface area contributed by atoms with Crippen LogP contribution in [0.1, 0.15) is 31.5 Å². The Kier molecular flexibility index (Phi) is 3.92. The van der Waals surface area contributed by atoms with Crippen LogP contribution in [0.15, 0.2) is 6.07 Å². The van der Waals surface area contributed by atoms with E-state index >= 15 is 0 Å². The monoisotopic (exact) mass is 291 g/mol. The number of hydrogen-bond acceptors (Lipinski definition) is 6. The van der Waals surface area contributed by atoms with Crippen molar-refractivity contribution in [2.75, 3.05) is 36.5 Å². The number of primary amides is 1. The minimum absolute atomic E-state index is 0.314. The van der Waals surface area contributed by atoms with E-state index in [4.69, 9.17) is 10.5 Å². The Morgan fingerprint density at radius 1 is 1.52 bits per heavy atom. The van der Waals surface area contributed by atoms with Gasteiger partial charge >= 0.3 is 0 Å². The first kappa shape index (κ1) is 14.1. The van der Waals surface area contributed by atoms with E-state index in [0.29, 0.717) is 25.7 Å². The Bertz CT molecular complexity index is 532. The van der Waals surface area contributed by atoms with Gasteiger partial charge in [-0.15, -0.1) is 0 Å². The van der Waals surface area contributed by atoms with E-state index in [9.17, 15) is 4.79 Å². The number of nitrogens with zero attached hydrogens (tertiary/aromatic N) is 3. The number of amides is 1. The molecule has 0 bridgehead atoms. The molecule has 1 aliphatic carbocycles. The molecule has 7 nitrogen and oxygen atoms in total. The van der Waals surface area contributed by atoms with Crippen molar-refractivity contribution in [3.05, 3.63) is 11.9 Å². The first-order valence-corrected chi connectivity index (χ1v) is 7.45. The topological polar surface area (TPSA) is 93.4 Å². The van der Waals surface area contributed by atoms with Crippen LogP contribution in [-0.2, 0) is 9.53 Å². The average Bonchev–Trinajstić information content (AvgIpc) is 3.32. The summed E-state index contributed by atoms with van der Waals surface area (Å²) < 4.78 is 5.36. The standard InChI is InChI=1S/C14H21N5O2/c1-2-16-11-7-12(18-14(17-11)9-3-4-9)19-5-6-21-8-10(19)13(15)20/h7,9-10H,2-6,8H2,1H3,(H2,15,20)(H,16,17,18). The van der Waals surface area contributed by atoms with Crippen LogP contribution in [-0.4, -0.2) is 48.2 Å². The second kappa shape index (κ2) is 5.85. The Balaban J connectivity index is 1.93. The predicted octanol–water partition coefficient (Wildman–Crippen LogP) is 0.476. The number of carbonyl (C=O) groups is 1. The molecular weight excluding hydrogens is 270 g/mol. The highest BCUT2D eigenvalue weighted by molar-refractivity contribution is 5.83. The van der Waals surface area contributed by atoms with Crippen molar-refractivity contribution in [1.29, 1.82) is 0 Å². The van der Waals surface area contributed by atoms with Crippen LogP contribution >= 0.6 is 0 Å². The number of anilines is 2. The van der Waals surface area contributed by atoms with Gasteiger partial charge in [0.05, 0.1) is 13.2 Å². The van der Waals surface area contributed by atoms with Gasteiger partial charge in [0.25, 0.3) is 0 Å². The summed E-state index contributed by atoms with van der Waals surface area (Å²) in [7, 11) is 0. The van der Waals surface area contributed by atoms with Crippen LogP contribution in [0.5, 0.6) is 0 Å². The molecule has 0 spiro atoms. The lowest BCUT2D eigenvalue weighted by molar-refractivity contribution is -0.121. The van der Waals surface area contributed by atoms with Gasteiger partial charge in [0.1, 0.15) is 23.5 Å². The van der Waals surface area contributed by atoms with Crippen LogP contribution < -0.4 is 16.0 Å². The minimum Gasteiger partial charge on any atom is -0.377 e. The maximum Gasteiger partial charge on any atom is 0.242 e. The molecule has 1 atom stereocenters. The molecule has 0 aromatic carbocycles. The predicted molar refractivity (Wildman–Crippen MR) is 79.3 cm³/mol. The molecule has 2 heterocycles. The molecule has 3 rings (SSSR count). The van der Waals surface area contributed by atoms with Crippen molar-refractivity contribution in [2.24, 2.45) is 5.73 Å². The molecule has 7 heteroatoms. The fourth-order valence-corrected chi connectivity index (χ4v) is 2.51. The van der Waals surface area contributed by atoms with Crippen LogP contribution in [0.2, 0.25) is 0 Å².